The molecule has 0 N–H and O–H groups in total. The molecule has 0 spiro atoms. The van der Waals surface area contributed by atoms with E-state index in [1.165, 1.54) is 0 Å². The van der Waals surface area contributed by atoms with Crippen LogP contribution in [-0.4, -0.2) is 88.4 Å². The third-order valence-electron chi connectivity index (χ3n) is 3.39. The second-order valence-electron chi connectivity index (χ2n) is 7.19. The van der Waals surface area contributed by atoms with Crippen LogP contribution in [-0.2, 0) is 65.5 Å². The predicted molar refractivity (Wildman–Crippen MR) is 114 cm³/mol. The van der Waals surface area contributed by atoms with E-state index in [-0.39, 0.29) is 56.1 Å². The van der Waals surface area contributed by atoms with E-state index in [0.29, 0.717) is 0 Å². The molecule has 56 heavy (non-hydrogen) atoms. The molecular weight excluding hydrogens is 1030 g/mol. The zero-order valence-corrected chi connectivity index (χ0v) is 31.2. The van der Waals surface area contributed by atoms with Crippen molar-refractivity contribution in [2.24, 2.45) is 0 Å². The molecule has 334 valence electrons. The summed E-state index contributed by atoms with van der Waals surface area (Å²) in [5.41, 5.74) is 0. The Hall–Kier alpha value is -1.29. The first-order chi connectivity index (χ1) is 22.8. The molecule has 0 aliphatic carbocycles. The molecule has 1 unspecified atom stereocenters. The van der Waals surface area contributed by atoms with Gasteiger partial charge in [0.05, 0.1) is 0 Å². The molecule has 0 aliphatic rings. The number of rotatable bonds is 13. The quantitative estimate of drug-likeness (QED) is 0.131. The first-order valence-electron chi connectivity index (χ1n) is 9.77. The number of ketones is 1. The van der Waals surface area contributed by atoms with Gasteiger partial charge in [0, 0.05) is 0 Å². The van der Waals surface area contributed by atoms with E-state index in [1.807, 2.05) is 0 Å². The summed E-state index contributed by atoms with van der Waals surface area (Å²) in [6.45, 7) is -3.42. The van der Waals surface area contributed by atoms with Crippen molar-refractivity contribution >= 4 is 57.6 Å². The summed E-state index contributed by atoms with van der Waals surface area (Å²) in [6.07, 6.45) is -19.1. The zero-order valence-electron chi connectivity index (χ0n) is 24.0. The molecule has 13 nitrogen and oxygen atoms in total. The SMILES string of the molecule is O=C(C(F)(F)S(=O)(=O)F)C(F)(F)S(=O)(=O)F.O=S(=O)(F)C(F)(F)C(F)(CF)OC(F)(F)C(F)=C(F)F.O=S(=O)(F)F.O=S(=O)(F)OC(F)(F)C(F)=C(F)F.[F-].[K+]. The number of halogens is 25. The average Bonchev–Trinajstić information content (AvgIpc) is 2.87. The molecule has 0 rings (SSSR count). The van der Waals surface area contributed by atoms with Crippen LogP contribution in [0.3, 0.4) is 0 Å². The molecule has 0 aromatic carbocycles. The Kier molecular flexibility index (Phi) is 25.9. The van der Waals surface area contributed by atoms with E-state index >= 15 is 0 Å². The summed E-state index contributed by atoms with van der Waals surface area (Å²) >= 11 is 0. The second-order valence-corrected chi connectivity index (χ2v) is 13.1. The van der Waals surface area contributed by atoms with Crippen molar-refractivity contribution in [2.45, 2.75) is 33.8 Å². The van der Waals surface area contributed by atoms with Gasteiger partial charge < -0.3 is 4.70 Å². The van der Waals surface area contributed by atoms with Gasteiger partial charge in [-0.15, -0.1) is 0 Å². The van der Waals surface area contributed by atoms with Crippen molar-refractivity contribution in [3.05, 3.63) is 23.8 Å². The molecule has 0 aromatic rings. The van der Waals surface area contributed by atoms with Crippen molar-refractivity contribution in [1.82, 2.24) is 0 Å². The average molecular weight is 1030 g/mol. The van der Waals surface area contributed by atoms with Crippen molar-refractivity contribution in [3.63, 3.8) is 0 Å². The molecule has 0 heterocycles. The number of hydrogen-bond donors (Lipinski definition) is 0. The number of alkyl halides is 12. The van der Waals surface area contributed by atoms with Crippen LogP contribution in [0.15, 0.2) is 23.8 Å². The van der Waals surface area contributed by atoms with Gasteiger partial charge in [0.1, 0.15) is 0 Å². The van der Waals surface area contributed by atoms with Gasteiger partial charge in [-0.3, -0.25) is 9.53 Å². The fraction of sp³-hybridized carbons (Fsp3) is 0.583. The van der Waals surface area contributed by atoms with Crippen molar-refractivity contribution in [2.75, 3.05) is 6.67 Å². The molecular formula is C12H2F25KO13S5. The Morgan fingerprint density at radius 1 is 0.500 bits per heavy atom. The van der Waals surface area contributed by atoms with Crippen LogP contribution in [0.1, 0.15) is 0 Å². The standard InChI is InChI=1S/C6H2F10O3S.C3F6O5S2.C3F6O3S.F2O2S.FH.K/c7-1-4(11,6(14,15)20(16,17)18)19-5(12,13)2(8)3(9)10;4-2(5,15(8,11)12)1(10)3(6,7)16(9,13)14;4-1(2(5)6)3(7,8)12-13(9,10)11;1-5(2,3)4;;/h1H2;;;;1H;/q;;;;;+1/p-1. The summed E-state index contributed by atoms with van der Waals surface area (Å²) in [4.78, 5) is 10.0. The maximum absolute atomic E-state index is 13.0. The monoisotopic (exact) mass is 1030 g/mol. The van der Waals surface area contributed by atoms with E-state index < -0.39 is 122 Å². The molecule has 44 heteroatoms. The van der Waals surface area contributed by atoms with Gasteiger partial charge in [-0.1, -0.05) is 23.3 Å². The van der Waals surface area contributed by atoms with Crippen LogP contribution in [0.5, 0.6) is 0 Å². The molecule has 0 saturated carbocycles. The summed E-state index contributed by atoms with van der Waals surface area (Å²) in [7, 11) is -33.5. The number of ether oxygens (including phenoxy) is 1. The molecule has 0 amide bonds. The third-order valence-corrected chi connectivity index (χ3v) is 6.31. The van der Waals surface area contributed by atoms with Crippen LogP contribution in [0.4, 0.5) is 102 Å². The van der Waals surface area contributed by atoms with Gasteiger partial charge in [-0.25, -0.2) is 8.78 Å². The largest absolute Gasteiger partial charge is 1.00 e. The van der Waals surface area contributed by atoms with E-state index in [2.05, 4.69) is 8.92 Å². The van der Waals surface area contributed by atoms with Crippen LogP contribution in [0.25, 0.3) is 0 Å². The maximum Gasteiger partial charge on any atom is 1.00 e. The maximum atomic E-state index is 13.0. The predicted octanol–water partition coefficient (Wildman–Crippen LogP) is -0.394. The van der Waals surface area contributed by atoms with Gasteiger partial charge in [0.2, 0.25) is 0 Å². The van der Waals surface area contributed by atoms with Crippen molar-refractivity contribution in [3.8, 4) is 0 Å². The number of hydrogen-bond acceptors (Lipinski definition) is 13. The smallest absolute Gasteiger partial charge is 1.00 e. The minimum Gasteiger partial charge on any atom is -1.00 e. The van der Waals surface area contributed by atoms with Crippen LogP contribution in [0, 0.1) is 0 Å². The third kappa shape index (κ3) is 21.1. The van der Waals surface area contributed by atoms with Crippen LogP contribution in [0.2, 0.25) is 0 Å². The molecule has 0 fully saturated rings. The first kappa shape index (κ1) is 66.5. The van der Waals surface area contributed by atoms with E-state index in [1.54, 1.807) is 0 Å². The Morgan fingerprint density at radius 3 is 0.929 bits per heavy atom. The topological polar surface area (TPSA) is 206 Å². The molecule has 0 radical (unpaired) electrons. The fourth-order valence-electron chi connectivity index (χ4n) is 1.37. The van der Waals surface area contributed by atoms with Crippen LogP contribution >= 0.6 is 0 Å². The zero-order chi connectivity index (χ0) is 45.5. The Balaban J connectivity index is -0.000000158. The van der Waals surface area contributed by atoms with Gasteiger partial charge >= 0.3 is 155 Å². The first-order valence-corrected chi connectivity index (χ1v) is 16.5. The number of carbonyl (C=O) groups is 1. The van der Waals surface area contributed by atoms with Gasteiger partial charge in [-0.2, -0.15) is 117 Å². The normalized spacial score (nSPS) is 14.2. The van der Waals surface area contributed by atoms with E-state index in [9.17, 15) is 141 Å². The van der Waals surface area contributed by atoms with E-state index in [0.717, 1.165) is 0 Å². The molecule has 1 atom stereocenters. The van der Waals surface area contributed by atoms with E-state index in [4.69, 9.17) is 8.42 Å². The van der Waals surface area contributed by atoms with Gasteiger partial charge in [0.15, 0.2) is 6.67 Å². The van der Waals surface area contributed by atoms with Gasteiger partial charge in [-0.05, 0) is 0 Å². The number of Topliss-reactive ketones (excluding diaryl/α,β-unsaturated/α-hetero) is 1. The number of carbonyl (C=O) groups excluding carboxylic acids is 1. The minimum atomic E-state index is -7.32. The summed E-state index contributed by atoms with van der Waals surface area (Å²) < 4.78 is 381. The minimum absolute atomic E-state index is 0. The Bertz CT molecular complexity index is 1900. The molecule has 0 aliphatic heterocycles. The fourth-order valence-corrected chi connectivity index (χ4v) is 2.91. The Morgan fingerprint density at radius 2 is 0.750 bits per heavy atom. The molecule has 0 aromatic heterocycles. The summed E-state index contributed by atoms with van der Waals surface area (Å²) in [6, 6.07) is 0. The van der Waals surface area contributed by atoms with Crippen LogP contribution < -0.4 is 56.1 Å². The van der Waals surface area contributed by atoms with Crippen molar-refractivity contribution < 1.29 is 214 Å². The summed E-state index contributed by atoms with van der Waals surface area (Å²) in [5, 5.41) is -19.3. The van der Waals surface area contributed by atoms with Gasteiger partial charge in [0.25, 0.3) is 11.7 Å². The molecule has 0 saturated heterocycles. The molecule has 0 bridgehead atoms. The van der Waals surface area contributed by atoms with Crippen molar-refractivity contribution in [1.29, 1.82) is 0 Å². The summed E-state index contributed by atoms with van der Waals surface area (Å²) in [5.74, 6) is -17.5. The Labute approximate surface area is 334 Å². The second kappa shape index (κ2) is 21.8.